The highest BCUT2D eigenvalue weighted by atomic mass is 32.2. The number of aryl methyl sites for hydroxylation is 3. The lowest BCUT2D eigenvalue weighted by molar-refractivity contribution is 0.383. The molecular weight excluding hydrogens is 410 g/mol. The Balaban J connectivity index is 1.42. The molecular formula is C23H33N5O2S. The fourth-order valence-electron chi connectivity index (χ4n) is 4.75. The lowest BCUT2D eigenvalue weighted by atomic mass is 9.99. The first-order valence-corrected chi connectivity index (χ1v) is 12.6. The number of hydrogen-bond donors (Lipinski definition) is 0. The Morgan fingerprint density at radius 3 is 1.77 bits per heavy atom. The van der Waals surface area contributed by atoms with Crippen molar-refractivity contribution in [3.8, 4) is 0 Å². The summed E-state index contributed by atoms with van der Waals surface area (Å²) in [5, 5.41) is 8.90. The van der Waals surface area contributed by atoms with Crippen molar-refractivity contribution in [3.05, 3.63) is 41.0 Å². The summed E-state index contributed by atoms with van der Waals surface area (Å²) >= 11 is 0. The first kappa shape index (κ1) is 22.0. The third-order valence-corrected chi connectivity index (χ3v) is 8.71. The minimum atomic E-state index is -3.51. The van der Waals surface area contributed by atoms with E-state index in [4.69, 9.17) is 0 Å². The van der Waals surface area contributed by atoms with Gasteiger partial charge in [-0.05, 0) is 62.8 Å². The molecule has 0 spiro atoms. The van der Waals surface area contributed by atoms with Crippen LogP contribution < -0.4 is 9.80 Å². The third-order valence-electron chi connectivity index (χ3n) is 6.51. The molecule has 1 aromatic carbocycles. The predicted molar refractivity (Wildman–Crippen MR) is 124 cm³/mol. The molecule has 31 heavy (non-hydrogen) atoms. The number of aromatic nitrogens is 2. The first-order chi connectivity index (χ1) is 14.8. The second-order valence-corrected chi connectivity index (χ2v) is 10.9. The molecule has 0 unspecified atom stereocenters. The molecule has 2 saturated heterocycles. The number of nitrogens with zero attached hydrogens (tertiary/aromatic N) is 5. The minimum Gasteiger partial charge on any atom is -0.355 e. The summed E-state index contributed by atoms with van der Waals surface area (Å²) < 4.78 is 28.2. The molecule has 0 bridgehead atoms. The predicted octanol–water partition coefficient (Wildman–Crippen LogP) is 3.15. The summed E-state index contributed by atoms with van der Waals surface area (Å²) in [6.07, 6.45) is 2.39. The lowest BCUT2D eigenvalue weighted by Crippen LogP contribution is -2.49. The van der Waals surface area contributed by atoms with Gasteiger partial charge in [0.15, 0.2) is 11.6 Å². The number of piperazine rings is 1. The van der Waals surface area contributed by atoms with Gasteiger partial charge in [0.05, 0.1) is 4.90 Å². The highest BCUT2D eigenvalue weighted by Gasteiger charge is 2.31. The minimum absolute atomic E-state index is 0.447. The highest BCUT2D eigenvalue weighted by molar-refractivity contribution is 7.89. The molecule has 8 heteroatoms. The number of rotatable bonds is 4. The van der Waals surface area contributed by atoms with Crippen LogP contribution in [0.1, 0.15) is 36.5 Å². The van der Waals surface area contributed by atoms with Crippen LogP contribution in [-0.4, -0.2) is 62.2 Å². The average molecular weight is 444 g/mol. The van der Waals surface area contributed by atoms with Crippen LogP contribution in [0.25, 0.3) is 0 Å². The van der Waals surface area contributed by atoms with Gasteiger partial charge in [-0.25, -0.2) is 8.42 Å². The SMILES string of the molecule is Cc1cc(C)c(S(=O)(=O)N2CCN(c3ccc(N4CCC(C)CC4)nn3)CC2)c(C)c1. The van der Waals surface area contributed by atoms with Crippen LogP contribution in [0.5, 0.6) is 0 Å². The van der Waals surface area contributed by atoms with Crippen molar-refractivity contribution >= 4 is 21.7 Å². The second-order valence-electron chi connectivity index (χ2n) is 9.04. The van der Waals surface area contributed by atoms with Crippen molar-refractivity contribution in [2.75, 3.05) is 49.1 Å². The molecule has 0 N–H and O–H groups in total. The first-order valence-electron chi connectivity index (χ1n) is 11.2. The maximum atomic E-state index is 13.3. The van der Waals surface area contributed by atoms with E-state index in [1.807, 2.05) is 45.0 Å². The fourth-order valence-corrected chi connectivity index (χ4v) is 6.59. The van der Waals surface area contributed by atoms with Crippen molar-refractivity contribution in [2.24, 2.45) is 5.92 Å². The Hall–Kier alpha value is -2.19. The zero-order valence-corrected chi connectivity index (χ0v) is 19.8. The molecule has 0 radical (unpaired) electrons. The van der Waals surface area contributed by atoms with Gasteiger partial charge in [0.2, 0.25) is 10.0 Å². The third kappa shape index (κ3) is 4.55. The average Bonchev–Trinajstić information content (AvgIpc) is 2.74. The number of sulfonamides is 1. The van der Waals surface area contributed by atoms with E-state index in [0.717, 1.165) is 47.3 Å². The summed E-state index contributed by atoms with van der Waals surface area (Å²) in [5.41, 5.74) is 2.71. The van der Waals surface area contributed by atoms with Gasteiger partial charge in [0.25, 0.3) is 0 Å². The summed E-state index contributed by atoms with van der Waals surface area (Å²) in [6, 6.07) is 7.94. The van der Waals surface area contributed by atoms with Gasteiger partial charge in [-0.3, -0.25) is 0 Å². The Bertz CT molecular complexity index is 999. The number of hydrogen-bond acceptors (Lipinski definition) is 6. The van der Waals surface area contributed by atoms with Crippen LogP contribution in [0.2, 0.25) is 0 Å². The van der Waals surface area contributed by atoms with E-state index in [9.17, 15) is 8.42 Å². The molecule has 0 saturated carbocycles. The Morgan fingerprint density at radius 1 is 0.806 bits per heavy atom. The largest absolute Gasteiger partial charge is 0.355 e. The van der Waals surface area contributed by atoms with Crippen molar-refractivity contribution < 1.29 is 8.42 Å². The van der Waals surface area contributed by atoms with Crippen LogP contribution in [0.15, 0.2) is 29.2 Å². The van der Waals surface area contributed by atoms with Gasteiger partial charge in [-0.15, -0.1) is 10.2 Å². The van der Waals surface area contributed by atoms with Gasteiger partial charge < -0.3 is 9.80 Å². The smallest absolute Gasteiger partial charge is 0.243 e. The van der Waals surface area contributed by atoms with Gasteiger partial charge in [0, 0.05) is 39.3 Å². The van der Waals surface area contributed by atoms with E-state index >= 15 is 0 Å². The molecule has 2 fully saturated rings. The van der Waals surface area contributed by atoms with E-state index in [-0.39, 0.29) is 0 Å². The van der Waals surface area contributed by atoms with Crippen molar-refractivity contribution in [2.45, 2.75) is 45.4 Å². The van der Waals surface area contributed by atoms with E-state index in [0.29, 0.717) is 31.1 Å². The number of piperidine rings is 1. The molecule has 1 aromatic heterocycles. The van der Waals surface area contributed by atoms with Crippen molar-refractivity contribution in [1.29, 1.82) is 0 Å². The molecule has 3 heterocycles. The van der Waals surface area contributed by atoms with Crippen molar-refractivity contribution in [3.63, 3.8) is 0 Å². The Kier molecular flexibility index (Phi) is 6.21. The maximum Gasteiger partial charge on any atom is 0.243 e. The van der Waals surface area contributed by atoms with Gasteiger partial charge >= 0.3 is 0 Å². The monoisotopic (exact) mass is 443 g/mol. The lowest BCUT2D eigenvalue weighted by Gasteiger charge is -2.35. The van der Waals surface area contributed by atoms with Crippen LogP contribution >= 0.6 is 0 Å². The number of anilines is 2. The summed E-state index contributed by atoms with van der Waals surface area (Å²) in [5.74, 6) is 2.53. The Morgan fingerprint density at radius 2 is 1.29 bits per heavy atom. The quantitative estimate of drug-likeness (QED) is 0.723. The zero-order chi connectivity index (χ0) is 22.2. The topological polar surface area (TPSA) is 69.6 Å². The molecule has 0 atom stereocenters. The molecule has 2 aliphatic heterocycles. The van der Waals surface area contributed by atoms with Crippen molar-refractivity contribution in [1.82, 2.24) is 14.5 Å². The van der Waals surface area contributed by atoms with Crippen LogP contribution in [-0.2, 0) is 10.0 Å². The molecule has 0 aliphatic carbocycles. The zero-order valence-electron chi connectivity index (χ0n) is 19.0. The van der Waals surface area contributed by atoms with E-state index in [2.05, 4.69) is 26.9 Å². The molecule has 2 aliphatic rings. The maximum absolute atomic E-state index is 13.3. The van der Waals surface area contributed by atoms with Gasteiger partial charge in [-0.1, -0.05) is 24.6 Å². The second kappa shape index (κ2) is 8.74. The van der Waals surface area contributed by atoms with Crippen LogP contribution in [0.4, 0.5) is 11.6 Å². The molecule has 0 amide bonds. The summed E-state index contributed by atoms with van der Waals surface area (Å²) in [6.45, 7) is 12.2. The normalized spacial score (nSPS) is 19.1. The van der Waals surface area contributed by atoms with E-state index < -0.39 is 10.0 Å². The fraction of sp³-hybridized carbons (Fsp3) is 0.565. The Labute approximate surface area is 186 Å². The molecule has 2 aromatic rings. The summed E-state index contributed by atoms with van der Waals surface area (Å²) in [4.78, 5) is 4.87. The van der Waals surface area contributed by atoms with E-state index in [1.54, 1.807) is 4.31 Å². The van der Waals surface area contributed by atoms with Crippen LogP contribution in [0, 0.1) is 26.7 Å². The van der Waals surface area contributed by atoms with Crippen LogP contribution in [0.3, 0.4) is 0 Å². The molecule has 4 rings (SSSR count). The van der Waals surface area contributed by atoms with Gasteiger partial charge in [0.1, 0.15) is 0 Å². The van der Waals surface area contributed by atoms with E-state index in [1.165, 1.54) is 12.8 Å². The molecule has 168 valence electrons. The highest BCUT2D eigenvalue weighted by Crippen LogP contribution is 2.27. The summed E-state index contributed by atoms with van der Waals surface area (Å²) in [7, 11) is -3.51. The van der Waals surface area contributed by atoms with Gasteiger partial charge in [-0.2, -0.15) is 4.31 Å². The molecule has 7 nitrogen and oxygen atoms in total. The standard InChI is InChI=1S/C23H33N5O2S/c1-17-7-9-26(10-8-17)21-5-6-22(25-24-21)27-11-13-28(14-12-27)31(29,30)23-19(3)15-18(2)16-20(23)4/h5-6,15-17H,7-14H2,1-4H3. The number of benzene rings is 1.